The van der Waals surface area contributed by atoms with Gasteiger partial charge in [0.15, 0.2) is 0 Å². The molecule has 0 aliphatic rings. The fourth-order valence-electron chi connectivity index (χ4n) is 1.66. The minimum atomic E-state index is -0.244. The van der Waals surface area contributed by atoms with Crippen LogP contribution in [0, 0.1) is 25.7 Å². The molecule has 2 rings (SSSR count). The number of hydrogen-bond donors (Lipinski definition) is 2. The van der Waals surface area contributed by atoms with Crippen LogP contribution in [0.1, 0.15) is 26.5 Å². The van der Waals surface area contributed by atoms with E-state index >= 15 is 0 Å². The summed E-state index contributed by atoms with van der Waals surface area (Å²) in [6.07, 6.45) is 0. The monoisotopic (exact) mass is 287 g/mol. The lowest BCUT2D eigenvalue weighted by Gasteiger charge is -2.06. The predicted molar refractivity (Wildman–Crippen MR) is 77.7 cm³/mol. The first-order valence-corrected chi connectivity index (χ1v) is 6.74. The van der Waals surface area contributed by atoms with Crippen molar-refractivity contribution < 1.29 is 9.90 Å². The van der Waals surface area contributed by atoms with Crippen molar-refractivity contribution in [1.29, 1.82) is 0 Å². The number of rotatable bonds is 2. The van der Waals surface area contributed by atoms with E-state index in [9.17, 15) is 4.79 Å². The van der Waals surface area contributed by atoms with Gasteiger partial charge in [0.2, 0.25) is 5.13 Å². The van der Waals surface area contributed by atoms with Crippen LogP contribution in [0.25, 0.3) is 0 Å². The van der Waals surface area contributed by atoms with Gasteiger partial charge < -0.3 is 5.11 Å². The summed E-state index contributed by atoms with van der Waals surface area (Å²) in [5.41, 5.74) is 2.02. The Labute approximate surface area is 120 Å². The fraction of sp³-hybridized carbons (Fsp3) is 0.214. The first-order valence-electron chi connectivity index (χ1n) is 5.92. The second-order valence-electron chi connectivity index (χ2n) is 4.02. The SMILES string of the molecule is Cc1nnc(NC(=O)c2cccc(C#CCO)c2C)s1. The summed E-state index contributed by atoms with van der Waals surface area (Å²) in [6.45, 7) is 3.44. The zero-order valence-corrected chi connectivity index (χ0v) is 11.9. The molecule has 102 valence electrons. The van der Waals surface area contributed by atoms with E-state index in [1.165, 1.54) is 11.3 Å². The van der Waals surface area contributed by atoms with Gasteiger partial charge in [0.25, 0.3) is 5.91 Å². The average molecular weight is 287 g/mol. The maximum absolute atomic E-state index is 12.2. The largest absolute Gasteiger partial charge is 0.384 e. The van der Waals surface area contributed by atoms with E-state index in [0.717, 1.165) is 16.1 Å². The lowest BCUT2D eigenvalue weighted by atomic mass is 10.0. The molecule has 1 heterocycles. The van der Waals surface area contributed by atoms with Crippen LogP contribution in [0.3, 0.4) is 0 Å². The average Bonchev–Trinajstić information content (AvgIpc) is 2.83. The van der Waals surface area contributed by atoms with E-state index < -0.39 is 0 Å². The molecule has 0 radical (unpaired) electrons. The van der Waals surface area contributed by atoms with Crippen molar-refractivity contribution in [2.24, 2.45) is 0 Å². The molecule has 0 saturated heterocycles. The number of hydrogen-bond acceptors (Lipinski definition) is 5. The Balaban J connectivity index is 2.26. The third-order valence-corrected chi connectivity index (χ3v) is 3.38. The van der Waals surface area contributed by atoms with E-state index in [4.69, 9.17) is 5.11 Å². The van der Waals surface area contributed by atoms with Crippen LogP contribution >= 0.6 is 11.3 Å². The molecule has 0 fully saturated rings. The highest BCUT2D eigenvalue weighted by Gasteiger charge is 2.13. The second kappa shape index (κ2) is 6.28. The Morgan fingerprint density at radius 3 is 2.85 bits per heavy atom. The van der Waals surface area contributed by atoms with Crippen LogP contribution < -0.4 is 5.32 Å². The summed E-state index contributed by atoms with van der Waals surface area (Å²) in [5, 5.41) is 20.4. The Morgan fingerprint density at radius 2 is 2.20 bits per heavy atom. The number of nitrogens with one attached hydrogen (secondary N) is 1. The Bertz CT molecular complexity index is 698. The van der Waals surface area contributed by atoms with Crippen LogP contribution in [0.2, 0.25) is 0 Å². The molecule has 1 amide bonds. The van der Waals surface area contributed by atoms with Gasteiger partial charge in [0, 0.05) is 11.1 Å². The Morgan fingerprint density at radius 1 is 1.40 bits per heavy atom. The molecule has 0 aliphatic carbocycles. The summed E-state index contributed by atoms with van der Waals surface area (Å²) in [7, 11) is 0. The summed E-state index contributed by atoms with van der Waals surface area (Å²) in [4.78, 5) is 12.2. The quantitative estimate of drug-likeness (QED) is 0.825. The number of nitrogens with zero attached hydrogens (tertiary/aromatic N) is 2. The molecule has 2 aromatic rings. The maximum atomic E-state index is 12.2. The lowest BCUT2D eigenvalue weighted by Crippen LogP contribution is -2.13. The Kier molecular flexibility index (Phi) is 4.45. The van der Waals surface area contributed by atoms with Crippen LogP contribution in [0.4, 0.5) is 5.13 Å². The number of amides is 1. The molecule has 2 N–H and O–H groups in total. The molecule has 1 aromatic carbocycles. The van der Waals surface area contributed by atoms with Crippen LogP contribution in [-0.4, -0.2) is 27.8 Å². The summed E-state index contributed by atoms with van der Waals surface area (Å²) >= 11 is 1.32. The van der Waals surface area contributed by atoms with Crippen molar-refractivity contribution in [3.05, 3.63) is 39.9 Å². The van der Waals surface area contributed by atoms with E-state index in [2.05, 4.69) is 27.4 Å². The lowest BCUT2D eigenvalue weighted by molar-refractivity contribution is 0.102. The van der Waals surface area contributed by atoms with Crippen molar-refractivity contribution in [2.45, 2.75) is 13.8 Å². The van der Waals surface area contributed by atoms with E-state index in [0.29, 0.717) is 10.7 Å². The van der Waals surface area contributed by atoms with Gasteiger partial charge in [-0.3, -0.25) is 10.1 Å². The number of aliphatic hydroxyl groups excluding tert-OH is 1. The topological polar surface area (TPSA) is 75.1 Å². The molecule has 0 aliphatic heterocycles. The van der Waals surface area contributed by atoms with Crippen molar-refractivity contribution in [1.82, 2.24) is 10.2 Å². The summed E-state index contributed by atoms with van der Waals surface area (Å²) in [5.74, 6) is 5.15. The minimum Gasteiger partial charge on any atom is -0.384 e. The van der Waals surface area contributed by atoms with Crippen LogP contribution in [0.5, 0.6) is 0 Å². The minimum absolute atomic E-state index is 0.208. The number of carbonyl (C=O) groups excluding carboxylic acids is 1. The van der Waals surface area contributed by atoms with Crippen molar-refractivity contribution >= 4 is 22.4 Å². The number of carbonyl (C=O) groups is 1. The Hall–Kier alpha value is -2.23. The molecule has 0 unspecified atom stereocenters. The van der Waals surface area contributed by atoms with E-state index in [1.54, 1.807) is 12.1 Å². The van der Waals surface area contributed by atoms with Gasteiger partial charge in [0.05, 0.1) is 0 Å². The first kappa shape index (κ1) is 14.2. The van der Waals surface area contributed by atoms with Gasteiger partial charge in [-0.1, -0.05) is 29.2 Å². The normalized spacial score (nSPS) is 9.75. The fourth-order valence-corrected chi connectivity index (χ4v) is 2.25. The zero-order valence-electron chi connectivity index (χ0n) is 11.1. The smallest absolute Gasteiger partial charge is 0.257 e. The maximum Gasteiger partial charge on any atom is 0.257 e. The third-order valence-electron chi connectivity index (χ3n) is 2.63. The van der Waals surface area contributed by atoms with E-state index in [-0.39, 0.29) is 12.5 Å². The van der Waals surface area contributed by atoms with Crippen LogP contribution in [0.15, 0.2) is 18.2 Å². The molecule has 5 nitrogen and oxygen atoms in total. The molecule has 0 atom stereocenters. The van der Waals surface area contributed by atoms with Gasteiger partial charge in [-0.2, -0.15) is 0 Å². The number of benzene rings is 1. The predicted octanol–water partition coefficient (Wildman–Crippen LogP) is 1.75. The van der Waals surface area contributed by atoms with Gasteiger partial charge in [-0.05, 0) is 31.5 Å². The second-order valence-corrected chi connectivity index (χ2v) is 5.20. The molecular weight excluding hydrogens is 274 g/mol. The standard InChI is InChI=1S/C14H13N3O2S/c1-9-11(6-4-8-18)5-3-7-12(9)13(19)15-14-17-16-10(2)20-14/h3,5,7,18H,8H2,1-2H3,(H,15,17,19). The van der Waals surface area contributed by atoms with Gasteiger partial charge in [-0.25, -0.2) is 0 Å². The summed E-state index contributed by atoms with van der Waals surface area (Å²) < 4.78 is 0. The number of aromatic nitrogens is 2. The van der Waals surface area contributed by atoms with Gasteiger partial charge in [0.1, 0.15) is 11.6 Å². The molecule has 1 aromatic heterocycles. The highest BCUT2D eigenvalue weighted by atomic mass is 32.1. The molecule has 0 spiro atoms. The van der Waals surface area contributed by atoms with Crippen molar-refractivity contribution in [3.63, 3.8) is 0 Å². The molecule has 0 bridgehead atoms. The van der Waals surface area contributed by atoms with Crippen molar-refractivity contribution in [3.8, 4) is 11.8 Å². The van der Waals surface area contributed by atoms with Crippen LogP contribution in [-0.2, 0) is 0 Å². The molecule has 20 heavy (non-hydrogen) atoms. The number of aliphatic hydroxyl groups is 1. The highest BCUT2D eigenvalue weighted by molar-refractivity contribution is 7.15. The molecular formula is C14H13N3O2S. The van der Waals surface area contributed by atoms with Gasteiger partial charge >= 0.3 is 0 Å². The molecule has 0 saturated carbocycles. The number of aryl methyl sites for hydroxylation is 1. The van der Waals surface area contributed by atoms with Gasteiger partial charge in [-0.15, -0.1) is 10.2 Å². The van der Waals surface area contributed by atoms with Crippen molar-refractivity contribution in [2.75, 3.05) is 11.9 Å². The summed E-state index contributed by atoms with van der Waals surface area (Å²) in [6, 6.07) is 5.29. The number of anilines is 1. The first-order chi connectivity index (χ1) is 9.61. The molecule has 6 heteroatoms. The highest BCUT2D eigenvalue weighted by Crippen LogP contribution is 2.18. The zero-order chi connectivity index (χ0) is 14.5. The van der Waals surface area contributed by atoms with E-state index in [1.807, 2.05) is 19.9 Å². The third kappa shape index (κ3) is 3.20.